The topological polar surface area (TPSA) is 101 Å². The minimum absolute atomic E-state index is 0.0158. The van der Waals surface area contributed by atoms with Crippen LogP contribution in [0.3, 0.4) is 0 Å². The van der Waals surface area contributed by atoms with Gasteiger partial charge in [-0.05, 0) is 32.2 Å². The van der Waals surface area contributed by atoms with Gasteiger partial charge in [-0.1, -0.05) is 29.5 Å². The van der Waals surface area contributed by atoms with Gasteiger partial charge in [-0.3, -0.25) is 9.10 Å². The first-order valence-electron chi connectivity index (χ1n) is 8.47. The molecule has 2 aromatic rings. The maximum absolute atomic E-state index is 13.1. The van der Waals surface area contributed by atoms with Crippen molar-refractivity contribution < 1.29 is 17.9 Å². The third-order valence-corrected chi connectivity index (χ3v) is 6.27. The van der Waals surface area contributed by atoms with E-state index in [-0.39, 0.29) is 22.3 Å². The van der Waals surface area contributed by atoms with E-state index in [0.29, 0.717) is 11.8 Å². The monoisotopic (exact) mass is 424 g/mol. The van der Waals surface area contributed by atoms with Gasteiger partial charge in [-0.15, -0.1) is 0 Å². The Hall–Kier alpha value is -2.17. The molecular formula is C18H24N4O4S2. The zero-order valence-corrected chi connectivity index (χ0v) is 18.1. The highest BCUT2D eigenvalue weighted by Crippen LogP contribution is 2.25. The number of hydrogen-bond acceptors (Lipinski definition) is 7. The molecule has 1 atom stereocenters. The van der Waals surface area contributed by atoms with E-state index in [1.54, 1.807) is 25.3 Å². The second-order valence-electron chi connectivity index (χ2n) is 6.21. The van der Waals surface area contributed by atoms with Crippen LogP contribution in [-0.4, -0.2) is 57.4 Å². The van der Waals surface area contributed by atoms with Gasteiger partial charge in [-0.25, -0.2) is 18.4 Å². The van der Waals surface area contributed by atoms with E-state index in [1.807, 2.05) is 6.92 Å². The van der Waals surface area contributed by atoms with Crippen LogP contribution in [0, 0.1) is 6.92 Å². The van der Waals surface area contributed by atoms with Crippen molar-refractivity contribution in [3.05, 3.63) is 41.6 Å². The van der Waals surface area contributed by atoms with Crippen molar-refractivity contribution in [3.63, 3.8) is 0 Å². The van der Waals surface area contributed by atoms with Crippen LogP contribution >= 0.6 is 11.8 Å². The number of nitrogens with zero attached hydrogens (tertiary/aromatic N) is 3. The van der Waals surface area contributed by atoms with Crippen molar-refractivity contribution in [2.45, 2.75) is 29.9 Å². The van der Waals surface area contributed by atoms with Gasteiger partial charge in [0.15, 0.2) is 11.0 Å². The number of carbonyl (C=O) groups excluding carboxylic acids is 1. The number of thioether (sulfide) groups is 1. The van der Waals surface area contributed by atoms with Crippen molar-refractivity contribution in [2.75, 3.05) is 31.3 Å². The lowest BCUT2D eigenvalue weighted by Crippen LogP contribution is -2.37. The Bertz CT molecular complexity index is 933. The predicted molar refractivity (Wildman–Crippen MR) is 109 cm³/mol. The van der Waals surface area contributed by atoms with Gasteiger partial charge in [-0.2, -0.15) is 0 Å². The number of sulfonamides is 1. The van der Waals surface area contributed by atoms with Crippen LogP contribution in [0.4, 0.5) is 5.82 Å². The molecule has 1 amide bonds. The molecule has 0 aliphatic heterocycles. The van der Waals surface area contributed by atoms with Crippen LogP contribution in [-0.2, 0) is 14.8 Å². The fraction of sp³-hybridized carbons (Fsp3) is 0.389. The van der Waals surface area contributed by atoms with Crippen molar-refractivity contribution in [1.82, 2.24) is 15.3 Å². The molecule has 1 N–H and O–H groups in total. The Labute approximate surface area is 169 Å². The lowest BCUT2D eigenvalue weighted by molar-refractivity contribution is 0.0905. The first kappa shape index (κ1) is 22.1. The van der Waals surface area contributed by atoms with Crippen molar-refractivity contribution in [3.8, 4) is 0 Å². The number of rotatable bonds is 8. The Kier molecular flexibility index (Phi) is 7.39. The number of benzene rings is 1. The Balaban J connectivity index is 2.47. The molecule has 0 aliphatic carbocycles. The Morgan fingerprint density at radius 3 is 2.54 bits per heavy atom. The fourth-order valence-corrected chi connectivity index (χ4v) is 3.93. The summed E-state index contributed by atoms with van der Waals surface area (Å²) in [5.41, 5.74) is 1.01. The summed E-state index contributed by atoms with van der Waals surface area (Å²) in [6.07, 6.45) is 3.11. The number of carbonyl (C=O) groups is 1. The molecule has 0 aliphatic rings. The van der Waals surface area contributed by atoms with Crippen molar-refractivity contribution >= 4 is 33.5 Å². The SMILES string of the molecule is COCC(C)NC(=O)c1cnc(SC)nc1N(C)S(=O)(=O)c1ccc(C)cc1. The van der Waals surface area contributed by atoms with E-state index in [2.05, 4.69) is 15.3 Å². The van der Waals surface area contributed by atoms with Gasteiger partial charge in [0.2, 0.25) is 0 Å². The number of methoxy groups -OCH3 is 1. The molecular weight excluding hydrogens is 400 g/mol. The molecule has 10 heteroatoms. The summed E-state index contributed by atoms with van der Waals surface area (Å²) < 4.78 is 32.1. The van der Waals surface area contributed by atoms with Crippen molar-refractivity contribution in [2.24, 2.45) is 0 Å². The highest BCUT2D eigenvalue weighted by Gasteiger charge is 2.27. The second kappa shape index (κ2) is 9.35. The third-order valence-electron chi connectivity index (χ3n) is 3.95. The summed E-state index contributed by atoms with van der Waals surface area (Å²) in [6, 6.07) is 6.23. The van der Waals surface area contributed by atoms with E-state index in [0.717, 1.165) is 9.87 Å². The number of aryl methyl sites for hydroxylation is 1. The van der Waals surface area contributed by atoms with Crippen molar-refractivity contribution in [1.29, 1.82) is 0 Å². The molecule has 8 nitrogen and oxygen atoms in total. The first-order chi connectivity index (χ1) is 13.2. The standard InChI is InChI=1S/C18H24N4O4S2/c1-12-6-8-14(9-7-12)28(24,25)22(3)16-15(10-19-18(21-16)27-5)17(23)20-13(2)11-26-4/h6-10,13H,11H2,1-5H3,(H,20,23). The van der Waals surface area contributed by atoms with Crippen LogP contribution in [0.1, 0.15) is 22.8 Å². The van der Waals surface area contributed by atoms with E-state index in [1.165, 1.54) is 44.2 Å². The van der Waals surface area contributed by atoms with E-state index >= 15 is 0 Å². The quantitative estimate of drug-likeness (QED) is 0.511. The highest BCUT2D eigenvalue weighted by atomic mass is 32.2. The minimum atomic E-state index is -3.90. The molecule has 2 rings (SSSR count). The van der Waals surface area contributed by atoms with Crippen LogP contribution in [0.25, 0.3) is 0 Å². The third kappa shape index (κ3) is 5.00. The number of aromatic nitrogens is 2. The second-order valence-corrected chi connectivity index (χ2v) is 8.95. The number of anilines is 1. The van der Waals surface area contributed by atoms with Gasteiger partial charge in [0, 0.05) is 26.4 Å². The van der Waals surface area contributed by atoms with Gasteiger partial charge in [0.05, 0.1) is 11.5 Å². The summed E-state index contributed by atoms with van der Waals surface area (Å²) >= 11 is 1.26. The molecule has 1 heterocycles. The van der Waals surface area contributed by atoms with E-state index in [4.69, 9.17) is 4.74 Å². The maximum atomic E-state index is 13.1. The largest absolute Gasteiger partial charge is 0.383 e. The number of hydrogen-bond donors (Lipinski definition) is 1. The average molecular weight is 425 g/mol. The fourth-order valence-electron chi connectivity index (χ4n) is 2.43. The molecule has 0 saturated carbocycles. The number of amides is 1. The van der Waals surface area contributed by atoms with Gasteiger partial charge >= 0.3 is 0 Å². The molecule has 1 unspecified atom stereocenters. The molecule has 28 heavy (non-hydrogen) atoms. The summed E-state index contributed by atoms with van der Waals surface area (Å²) in [5, 5.41) is 3.12. The minimum Gasteiger partial charge on any atom is -0.383 e. The molecule has 0 spiro atoms. The molecule has 0 bridgehead atoms. The molecule has 152 valence electrons. The average Bonchev–Trinajstić information content (AvgIpc) is 2.67. The van der Waals surface area contributed by atoms with Crippen LogP contribution < -0.4 is 9.62 Å². The summed E-state index contributed by atoms with van der Waals surface area (Å²) in [5.74, 6) is -0.458. The van der Waals surface area contributed by atoms with Crippen LogP contribution in [0.5, 0.6) is 0 Å². The number of nitrogens with one attached hydrogen (secondary N) is 1. The highest BCUT2D eigenvalue weighted by molar-refractivity contribution is 7.98. The summed E-state index contributed by atoms with van der Waals surface area (Å²) in [6.45, 7) is 3.98. The molecule has 1 aromatic heterocycles. The normalized spacial score (nSPS) is 12.5. The van der Waals surface area contributed by atoms with Crippen LogP contribution in [0.15, 0.2) is 40.5 Å². The lowest BCUT2D eigenvalue weighted by atomic mass is 10.2. The summed E-state index contributed by atoms with van der Waals surface area (Å²) in [4.78, 5) is 21.2. The predicted octanol–water partition coefficient (Wildman–Crippen LogP) is 2.10. The van der Waals surface area contributed by atoms with Gasteiger partial charge in [0.1, 0.15) is 5.56 Å². The first-order valence-corrected chi connectivity index (χ1v) is 11.1. The summed E-state index contributed by atoms with van der Waals surface area (Å²) in [7, 11) is -0.993. The Morgan fingerprint density at radius 1 is 1.32 bits per heavy atom. The molecule has 0 radical (unpaired) electrons. The van der Waals surface area contributed by atoms with E-state index in [9.17, 15) is 13.2 Å². The molecule has 0 fully saturated rings. The molecule has 0 saturated heterocycles. The molecule has 1 aromatic carbocycles. The maximum Gasteiger partial charge on any atom is 0.265 e. The smallest absolute Gasteiger partial charge is 0.265 e. The Morgan fingerprint density at radius 2 is 1.96 bits per heavy atom. The van der Waals surface area contributed by atoms with E-state index < -0.39 is 15.9 Å². The van der Waals surface area contributed by atoms with Gasteiger partial charge in [0.25, 0.3) is 15.9 Å². The zero-order valence-electron chi connectivity index (χ0n) is 16.5. The van der Waals surface area contributed by atoms with Crippen LogP contribution in [0.2, 0.25) is 0 Å². The van der Waals surface area contributed by atoms with Gasteiger partial charge < -0.3 is 10.1 Å². The zero-order chi connectivity index (χ0) is 20.9. The number of ether oxygens (including phenoxy) is 1. The lowest BCUT2D eigenvalue weighted by Gasteiger charge is -2.22.